The van der Waals surface area contributed by atoms with E-state index in [0.717, 1.165) is 37.0 Å². The summed E-state index contributed by atoms with van der Waals surface area (Å²) in [5, 5.41) is 0. The van der Waals surface area contributed by atoms with E-state index in [4.69, 9.17) is 9.47 Å². The number of carbonyl (C=O) groups is 1. The average molecular weight is 501 g/mol. The van der Waals surface area contributed by atoms with Crippen molar-refractivity contribution in [3.63, 3.8) is 0 Å². The van der Waals surface area contributed by atoms with E-state index in [1.165, 1.54) is 41.5 Å². The van der Waals surface area contributed by atoms with Gasteiger partial charge in [0.05, 0.1) is 20.1 Å². The SMILES string of the molecule is CCC1(/C=C/c2ccc(C(CC)(CC)c3ccc(-c4cc(F)cc(CC(=O)OC)c4)cc3)cc2C)CO1. The summed E-state index contributed by atoms with van der Waals surface area (Å²) in [6, 6.07) is 20.0. The molecule has 0 bridgehead atoms. The molecule has 3 nitrogen and oxygen atoms in total. The van der Waals surface area contributed by atoms with Gasteiger partial charge in [0.15, 0.2) is 0 Å². The number of esters is 1. The number of carbonyl (C=O) groups excluding carboxylic acids is 1. The zero-order valence-electron chi connectivity index (χ0n) is 22.6. The monoisotopic (exact) mass is 500 g/mol. The Kier molecular flexibility index (Phi) is 7.99. The molecule has 3 aromatic carbocycles. The number of epoxide rings is 1. The van der Waals surface area contributed by atoms with Crippen molar-refractivity contribution in [1.82, 2.24) is 0 Å². The third-order valence-corrected chi connectivity index (χ3v) is 8.01. The summed E-state index contributed by atoms with van der Waals surface area (Å²) in [6.45, 7) is 9.61. The molecular weight excluding hydrogens is 463 g/mol. The maximum absolute atomic E-state index is 14.3. The van der Waals surface area contributed by atoms with Crippen molar-refractivity contribution in [2.75, 3.05) is 13.7 Å². The van der Waals surface area contributed by atoms with Crippen molar-refractivity contribution in [3.05, 3.63) is 100 Å². The van der Waals surface area contributed by atoms with Crippen LogP contribution in [0.1, 0.15) is 67.9 Å². The predicted molar refractivity (Wildman–Crippen MR) is 148 cm³/mol. The van der Waals surface area contributed by atoms with Gasteiger partial charge in [-0.05, 0) is 83.3 Å². The molecule has 0 radical (unpaired) electrons. The number of methoxy groups -OCH3 is 1. The van der Waals surface area contributed by atoms with Gasteiger partial charge in [0.25, 0.3) is 0 Å². The minimum atomic E-state index is -0.384. The van der Waals surface area contributed by atoms with Gasteiger partial charge < -0.3 is 9.47 Å². The van der Waals surface area contributed by atoms with E-state index in [-0.39, 0.29) is 29.2 Å². The van der Waals surface area contributed by atoms with Crippen LogP contribution in [0.2, 0.25) is 0 Å². The Morgan fingerprint density at radius 2 is 1.68 bits per heavy atom. The van der Waals surface area contributed by atoms with Crippen LogP contribution in [0.3, 0.4) is 0 Å². The fraction of sp³-hybridized carbons (Fsp3) is 0.364. The first-order chi connectivity index (χ1) is 17.8. The van der Waals surface area contributed by atoms with Crippen LogP contribution in [0.25, 0.3) is 17.2 Å². The number of ether oxygens (including phenoxy) is 2. The Morgan fingerprint density at radius 3 is 2.24 bits per heavy atom. The molecule has 37 heavy (non-hydrogen) atoms. The lowest BCUT2D eigenvalue weighted by Gasteiger charge is -2.34. The van der Waals surface area contributed by atoms with Crippen LogP contribution >= 0.6 is 0 Å². The van der Waals surface area contributed by atoms with Crippen molar-refractivity contribution < 1.29 is 18.7 Å². The van der Waals surface area contributed by atoms with Crippen molar-refractivity contribution >= 4 is 12.0 Å². The molecule has 0 N–H and O–H groups in total. The van der Waals surface area contributed by atoms with E-state index < -0.39 is 0 Å². The van der Waals surface area contributed by atoms with E-state index >= 15 is 0 Å². The number of benzene rings is 3. The summed E-state index contributed by atoms with van der Waals surface area (Å²) in [5.74, 6) is -0.746. The lowest BCUT2D eigenvalue weighted by molar-refractivity contribution is -0.139. The molecule has 1 unspecified atom stereocenters. The Bertz CT molecular complexity index is 1280. The number of hydrogen-bond donors (Lipinski definition) is 0. The highest BCUT2D eigenvalue weighted by Crippen LogP contribution is 2.41. The van der Waals surface area contributed by atoms with Gasteiger partial charge in [-0.3, -0.25) is 4.79 Å². The molecule has 4 heteroatoms. The molecule has 0 aliphatic carbocycles. The first-order valence-corrected chi connectivity index (χ1v) is 13.2. The van der Waals surface area contributed by atoms with Crippen LogP contribution in [0.4, 0.5) is 4.39 Å². The van der Waals surface area contributed by atoms with E-state index in [1.807, 2.05) is 6.07 Å². The van der Waals surface area contributed by atoms with Crippen molar-refractivity contribution in [2.45, 2.75) is 64.4 Å². The summed E-state index contributed by atoms with van der Waals surface area (Å²) >= 11 is 0. The van der Waals surface area contributed by atoms with Gasteiger partial charge in [-0.1, -0.05) is 75.4 Å². The lowest BCUT2D eigenvalue weighted by atomic mass is 9.70. The minimum Gasteiger partial charge on any atom is -0.469 e. The number of hydrogen-bond acceptors (Lipinski definition) is 3. The van der Waals surface area contributed by atoms with Gasteiger partial charge >= 0.3 is 5.97 Å². The highest BCUT2D eigenvalue weighted by molar-refractivity contribution is 5.74. The largest absolute Gasteiger partial charge is 0.469 e. The van der Waals surface area contributed by atoms with Crippen LogP contribution in [0.5, 0.6) is 0 Å². The van der Waals surface area contributed by atoms with Crippen molar-refractivity contribution in [1.29, 1.82) is 0 Å². The third-order valence-electron chi connectivity index (χ3n) is 8.01. The van der Waals surface area contributed by atoms with Gasteiger partial charge in [0, 0.05) is 5.41 Å². The van der Waals surface area contributed by atoms with E-state index in [9.17, 15) is 9.18 Å². The molecule has 194 valence electrons. The number of aryl methyl sites for hydroxylation is 1. The fourth-order valence-corrected chi connectivity index (χ4v) is 5.29. The minimum absolute atomic E-state index is 0.0467. The summed E-state index contributed by atoms with van der Waals surface area (Å²) in [5.41, 5.74) is 7.10. The molecule has 0 saturated carbocycles. The van der Waals surface area contributed by atoms with Crippen LogP contribution in [-0.4, -0.2) is 25.3 Å². The normalized spacial score (nSPS) is 17.2. The van der Waals surface area contributed by atoms with Gasteiger partial charge in [0.2, 0.25) is 0 Å². The van der Waals surface area contributed by atoms with E-state index in [2.05, 4.69) is 82.3 Å². The van der Waals surface area contributed by atoms with E-state index in [1.54, 1.807) is 0 Å². The van der Waals surface area contributed by atoms with Gasteiger partial charge in [-0.2, -0.15) is 0 Å². The second-order valence-electron chi connectivity index (χ2n) is 10.1. The standard InChI is InChI=1S/C33H37FO3/c1-6-32(22-37-32)16-15-25-9-14-29(17-23(25)4)33(7-2,8-3)28-12-10-26(11-13-28)27-18-24(19-30(34)21-27)20-31(35)36-5/h9-19,21H,6-8,20,22H2,1-5H3/b16-15+. The number of rotatable bonds is 10. The second-order valence-corrected chi connectivity index (χ2v) is 10.1. The molecule has 1 saturated heterocycles. The highest BCUT2D eigenvalue weighted by Gasteiger charge is 2.39. The smallest absolute Gasteiger partial charge is 0.309 e. The lowest BCUT2D eigenvalue weighted by Crippen LogP contribution is -2.26. The van der Waals surface area contributed by atoms with Crippen molar-refractivity contribution in [2.24, 2.45) is 0 Å². The Labute approximate surface area is 220 Å². The maximum Gasteiger partial charge on any atom is 0.309 e. The molecule has 3 aromatic rings. The Morgan fingerprint density at radius 1 is 1.00 bits per heavy atom. The van der Waals surface area contributed by atoms with Crippen LogP contribution in [-0.2, 0) is 26.1 Å². The average Bonchev–Trinajstić information content (AvgIpc) is 3.69. The molecule has 1 fully saturated rings. The Hall–Kier alpha value is -3.24. The van der Waals surface area contributed by atoms with Crippen LogP contribution in [0.15, 0.2) is 66.7 Å². The van der Waals surface area contributed by atoms with Crippen LogP contribution in [0, 0.1) is 12.7 Å². The van der Waals surface area contributed by atoms with Crippen LogP contribution < -0.4 is 0 Å². The summed E-state index contributed by atoms with van der Waals surface area (Å²) in [6.07, 6.45) is 7.36. The molecule has 0 amide bonds. The molecular formula is C33H37FO3. The first-order valence-electron chi connectivity index (χ1n) is 13.2. The molecule has 4 rings (SSSR count). The topological polar surface area (TPSA) is 38.8 Å². The molecule has 0 aromatic heterocycles. The van der Waals surface area contributed by atoms with Crippen molar-refractivity contribution in [3.8, 4) is 11.1 Å². The summed E-state index contributed by atoms with van der Waals surface area (Å²) in [4.78, 5) is 11.7. The zero-order chi connectivity index (χ0) is 26.6. The van der Waals surface area contributed by atoms with Gasteiger partial charge in [-0.25, -0.2) is 4.39 Å². The molecule has 0 spiro atoms. The fourth-order valence-electron chi connectivity index (χ4n) is 5.29. The van der Waals surface area contributed by atoms with Gasteiger partial charge in [-0.15, -0.1) is 0 Å². The van der Waals surface area contributed by atoms with Gasteiger partial charge in [0.1, 0.15) is 11.4 Å². The van der Waals surface area contributed by atoms with E-state index in [0.29, 0.717) is 5.56 Å². The number of halogens is 1. The third kappa shape index (κ3) is 5.70. The highest BCUT2D eigenvalue weighted by atomic mass is 19.1. The first kappa shape index (κ1) is 26.8. The maximum atomic E-state index is 14.3. The Balaban J connectivity index is 1.63. The molecule has 1 aliphatic heterocycles. The zero-order valence-corrected chi connectivity index (χ0v) is 22.6. The molecule has 1 atom stereocenters. The summed E-state index contributed by atoms with van der Waals surface area (Å²) < 4.78 is 24.7. The molecule has 1 heterocycles. The predicted octanol–water partition coefficient (Wildman–Crippen LogP) is 7.81. The quantitative estimate of drug-likeness (QED) is 0.210. The second kappa shape index (κ2) is 11.0. The molecule has 1 aliphatic rings. The summed E-state index contributed by atoms with van der Waals surface area (Å²) in [7, 11) is 1.34.